The molecule has 0 radical (unpaired) electrons. The Labute approximate surface area is 162 Å². The summed E-state index contributed by atoms with van der Waals surface area (Å²) in [5.41, 5.74) is -0.340. The van der Waals surface area contributed by atoms with Crippen LogP contribution in [0, 0.1) is 10.1 Å². The number of nitrogens with zero attached hydrogens (tertiary/aromatic N) is 2. The van der Waals surface area contributed by atoms with Gasteiger partial charge in [-0.2, -0.15) is 4.31 Å². The molecule has 0 aliphatic carbocycles. The maximum atomic E-state index is 12.7. The summed E-state index contributed by atoms with van der Waals surface area (Å²) in [6.07, 6.45) is 0. The third-order valence-electron chi connectivity index (χ3n) is 4.03. The van der Waals surface area contributed by atoms with Crippen molar-refractivity contribution in [2.45, 2.75) is 9.79 Å². The van der Waals surface area contributed by atoms with E-state index in [4.69, 9.17) is 4.74 Å². The Kier molecular flexibility index (Phi) is 5.65. The molecule has 0 spiro atoms. The van der Waals surface area contributed by atoms with Gasteiger partial charge in [0.25, 0.3) is 15.7 Å². The van der Waals surface area contributed by atoms with E-state index in [-0.39, 0.29) is 34.3 Å². The summed E-state index contributed by atoms with van der Waals surface area (Å²) in [5, 5.41) is 10.9. The number of sulfonamides is 2. The number of benzene rings is 2. The van der Waals surface area contributed by atoms with Crippen molar-refractivity contribution in [3.05, 3.63) is 58.6 Å². The van der Waals surface area contributed by atoms with Crippen LogP contribution in [-0.2, 0) is 24.8 Å². The average Bonchev–Trinajstić information content (AvgIpc) is 2.68. The standard InChI is InChI=1S/C16H17N3O7S2/c20-19(21)14-4-2-5-15(12-14)27(22,23)17-13-3-1-6-16(11-13)28(24,25)18-7-9-26-10-8-18/h1-6,11-12,17H,7-10H2. The third-order valence-corrected chi connectivity index (χ3v) is 7.31. The van der Waals surface area contributed by atoms with Crippen LogP contribution in [0.5, 0.6) is 0 Å². The number of anilines is 1. The lowest BCUT2D eigenvalue weighted by Gasteiger charge is -2.26. The molecule has 1 aliphatic heterocycles. The lowest BCUT2D eigenvalue weighted by molar-refractivity contribution is -0.385. The molecule has 1 fully saturated rings. The van der Waals surface area contributed by atoms with Gasteiger partial charge in [-0.15, -0.1) is 0 Å². The van der Waals surface area contributed by atoms with Crippen molar-refractivity contribution < 1.29 is 26.5 Å². The number of hydrogen-bond acceptors (Lipinski definition) is 7. The van der Waals surface area contributed by atoms with Gasteiger partial charge < -0.3 is 4.74 Å². The van der Waals surface area contributed by atoms with Crippen LogP contribution in [0.15, 0.2) is 58.3 Å². The summed E-state index contributed by atoms with van der Waals surface area (Å²) in [6.45, 7) is 1.01. The zero-order valence-electron chi connectivity index (χ0n) is 14.5. The highest BCUT2D eigenvalue weighted by Crippen LogP contribution is 2.24. The van der Waals surface area contributed by atoms with Crippen LogP contribution in [0.2, 0.25) is 0 Å². The summed E-state index contributed by atoms with van der Waals surface area (Å²) in [7, 11) is -7.93. The van der Waals surface area contributed by atoms with Crippen molar-refractivity contribution in [3.8, 4) is 0 Å². The topological polar surface area (TPSA) is 136 Å². The zero-order valence-corrected chi connectivity index (χ0v) is 16.1. The minimum absolute atomic E-state index is 0.0286. The van der Waals surface area contributed by atoms with Crippen molar-refractivity contribution in [2.24, 2.45) is 0 Å². The van der Waals surface area contributed by atoms with E-state index >= 15 is 0 Å². The molecular weight excluding hydrogens is 410 g/mol. The molecule has 12 heteroatoms. The monoisotopic (exact) mass is 427 g/mol. The van der Waals surface area contributed by atoms with E-state index in [1.165, 1.54) is 46.8 Å². The summed E-state index contributed by atoms with van der Waals surface area (Å²) >= 11 is 0. The second-order valence-electron chi connectivity index (χ2n) is 5.90. The van der Waals surface area contributed by atoms with E-state index in [1.807, 2.05) is 0 Å². The molecule has 0 aromatic heterocycles. The Bertz CT molecular complexity index is 1090. The normalized spacial score (nSPS) is 15.9. The number of nitro benzene ring substituents is 1. The lowest BCUT2D eigenvalue weighted by atomic mass is 10.3. The van der Waals surface area contributed by atoms with E-state index in [2.05, 4.69) is 4.72 Å². The zero-order chi connectivity index (χ0) is 20.4. The minimum atomic E-state index is -4.14. The molecule has 0 atom stereocenters. The van der Waals surface area contributed by atoms with Crippen LogP contribution in [0.4, 0.5) is 11.4 Å². The molecule has 0 bridgehead atoms. The van der Waals surface area contributed by atoms with Crippen LogP contribution >= 0.6 is 0 Å². The predicted molar refractivity (Wildman–Crippen MR) is 99.9 cm³/mol. The molecule has 3 rings (SSSR count). The van der Waals surface area contributed by atoms with Gasteiger partial charge in [-0.3, -0.25) is 14.8 Å². The number of nitro groups is 1. The molecule has 10 nitrogen and oxygen atoms in total. The number of ether oxygens (including phenoxy) is 1. The summed E-state index contributed by atoms with van der Waals surface area (Å²) in [4.78, 5) is 9.79. The Hall–Kier alpha value is -2.54. The van der Waals surface area contributed by atoms with E-state index in [9.17, 15) is 26.9 Å². The second kappa shape index (κ2) is 7.83. The molecular formula is C16H17N3O7S2. The first-order valence-corrected chi connectivity index (χ1v) is 11.1. The number of rotatable bonds is 6. The quantitative estimate of drug-likeness (QED) is 0.544. The maximum Gasteiger partial charge on any atom is 0.270 e. The van der Waals surface area contributed by atoms with Gasteiger partial charge in [0, 0.05) is 25.2 Å². The lowest BCUT2D eigenvalue weighted by Crippen LogP contribution is -2.40. The molecule has 1 heterocycles. The molecule has 28 heavy (non-hydrogen) atoms. The van der Waals surface area contributed by atoms with Crippen molar-refractivity contribution in [2.75, 3.05) is 31.0 Å². The number of nitrogens with one attached hydrogen (secondary N) is 1. The molecule has 1 saturated heterocycles. The molecule has 1 aliphatic rings. The Morgan fingerprint density at radius 3 is 2.29 bits per heavy atom. The summed E-state index contributed by atoms with van der Waals surface area (Å²) in [6, 6.07) is 9.96. The van der Waals surface area contributed by atoms with Crippen LogP contribution in [-0.4, -0.2) is 52.4 Å². The van der Waals surface area contributed by atoms with E-state index in [0.29, 0.717) is 13.2 Å². The predicted octanol–water partition coefficient (Wildman–Crippen LogP) is 1.42. The Balaban J connectivity index is 1.88. The molecule has 0 saturated carbocycles. The van der Waals surface area contributed by atoms with Gasteiger partial charge in [-0.05, 0) is 24.3 Å². The van der Waals surface area contributed by atoms with Gasteiger partial charge in [0.1, 0.15) is 0 Å². The fraction of sp³-hybridized carbons (Fsp3) is 0.250. The van der Waals surface area contributed by atoms with Gasteiger partial charge in [-0.1, -0.05) is 12.1 Å². The maximum absolute atomic E-state index is 12.7. The molecule has 2 aromatic rings. The molecule has 1 N–H and O–H groups in total. The van der Waals surface area contributed by atoms with Crippen LogP contribution < -0.4 is 4.72 Å². The van der Waals surface area contributed by atoms with Crippen molar-refractivity contribution in [3.63, 3.8) is 0 Å². The molecule has 0 amide bonds. The van der Waals surface area contributed by atoms with Crippen LogP contribution in [0.3, 0.4) is 0 Å². The van der Waals surface area contributed by atoms with Crippen LogP contribution in [0.25, 0.3) is 0 Å². The van der Waals surface area contributed by atoms with Gasteiger partial charge in [-0.25, -0.2) is 16.8 Å². The number of non-ortho nitro benzene ring substituents is 1. The van der Waals surface area contributed by atoms with Gasteiger partial charge in [0.2, 0.25) is 10.0 Å². The fourth-order valence-corrected chi connectivity index (χ4v) is 5.18. The minimum Gasteiger partial charge on any atom is -0.379 e. The summed E-state index contributed by atoms with van der Waals surface area (Å²) in [5.74, 6) is 0. The first kappa shape index (κ1) is 20.2. The highest BCUT2D eigenvalue weighted by molar-refractivity contribution is 7.92. The van der Waals surface area contributed by atoms with Crippen molar-refractivity contribution >= 4 is 31.4 Å². The first-order chi connectivity index (χ1) is 13.2. The molecule has 2 aromatic carbocycles. The highest BCUT2D eigenvalue weighted by Gasteiger charge is 2.27. The Morgan fingerprint density at radius 2 is 1.61 bits per heavy atom. The van der Waals surface area contributed by atoms with Gasteiger partial charge in [0.15, 0.2) is 0 Å². The molecule has 0 unspecified atom stereocenters. The van der Waals surface area contributed by atoms with E-state index < -0.39 is 25.0 Å². The van der Waals surface area contributed by atoms with E-state index in [0.717, 1.165) is 6.07 Å². The van der Waals surface area contributed by atoms with Crippen molar-refractivity contribution in [1.29, 1.82) is 0 Å². The number of morpholine rings is 1. The smallest absolute Gasteiger partial charge is 0.270 e. The third kappa shape index (κ3) is 4.30. The highest BCUT2D eigenvalue weighted by atomic mass is 32.2. The van der Waals surface area contributed by atoms with Crippen molar-refractivity contribution in [1.82, 2.24) is 4.31 Å². The molecule has 150 valence electrons. The Morgan fingerprint density at radius 1 is 0.964 bits per heavy atom. The number of hydrogen-bond donors (Lipinski definition) is 1. The second-order valence-corrected chi connectivity index (χ2v) is 9.52. The first-order valence-electron chi connectivity index (χ1n) is 8.15. The SMILES string of the molecule is O=[N+]([O-])c1cccc(S(=O)(=O)Nc2cccc(S(=O)(=O)N3CCOCC3)c2)c1. The average molecular weight is 427 g/mol. The largest absolute Gasteiger partial charge is 0.379 e. The van der Waals surface area contributed by atoms with E-state index in [1.54, 1.807) is 0 Å². The van der Waals surface area contributed by atoms with Crippen LogP contribution in [0.1, 0.15) is 0 Å². The fourth-order valence-electron chi connectivity index (χ4n) is 2.63. The summed E-state index contributed by atoms with van der Waals surface area (Å²) < 4.78 is 59.2. The van der Waals surface area contributed by atoms with Gasteiger partial charge in [0.05, 0.1) is 33.6 Å². The van der Waals surface area contributed by atoms with Gasteiger partial charge >= 0.3 is 0 Å².